The van der Waals surface area contributed by atoms with Gasteiger partial charge in [0.25, 0.3) is 0 Å². The second-order valence-corrected chi connectivity index (χ2v) is 10.6. The van der Waals surface area contributed by atoms with Crippen molar-refractivity contribution in [1.82, 2.24) is 19.9 Å². The molecular formula is C28H32ClN5O2S. The first kappa shape index (κ1) is 25.7. The number of rotatable bonds is 10. The number of halogens is 1. The highest BCUT2D eigenvalue weighted by atomic mass is 35.5. The van der Waals surface area contributed by atoms with E-state index < -0.39 is 0 Å². The fourth-order valence-corrected chi connectivity index (χ4v) is 5.63. The molecule has 0 amide bonds. The summed E-state index contributed by atoms with van der Waals surface area (Å²) >= 11 is 7.68. The van der Waals surface area contributed by atoms with Gasteiger partial charge in [-0.15, -0.1) is 0 Å². The molecule has 37 heavy (non-hydrogen) atoms. The number of methoxy groups -OCH3 is 2. The minimum absolute atomic E-state index is 0.492. The van der Waals surface area contributed by atoms with E-state index >= 15 is 0 Å². The molecule has 1 aliphatic rings. The zero-order chi connectivity index (χ0) is 25.6. The summed E-state index contributed by atoms with van der Waals surface area (Å²) < 4.78 is 10.5. The van der Waals surface area contributed by atoms with E-state index in [4.69, 9.17) is 21.1 Å². The molecule has 1 aliphatic heterocycles. The van der Waals surface area contributed by atoms with Gasteiger partial charge in [-0.25, -0.2) is 0 Å². The topological polar surface area (TPSA) is 66.5 Å². The SMILES string of the molecule is COc1cc(OC)nc(Sc2ccc(N3CCN(CCCCc4c[nH]c5ccc(Cl)cc45)CC3)cc2)n1. The maximum Gasteiger partial charge on any atom is 0.220 e. The molecule has 194 valence electrons. The van der Waals surface area contributed by atoms with Crippen molar-refractivity contribution >= 4 is 40.0 Å². The lowest BCUT2D eigenvalue weighted by Gasteiger charge is -2.36. The Morgan fingerprint density at radius 1 is 0.919 bits per heavy atom. The summed E-state index contributed by atoms with van der Waals surface area (Å²) in [5.41, 5.74) is 3.78. The normalized spacial score (nSPS) is 14.3. The number of fused-ring (bicyclic) bond motifs is 1. The van der Waals surface area contributed by atoms with Gasteiger partial charge >= 0.3 is 0 Å². The summed E-state index contributed by atoms with van der Waals surface area (Å²) in [5.74, 6) is 0.985. The summed E-state index contributed by atoms with van der Waals surface area (Å²) in [5, 5.41) is 2.65. The third-order valence-electron chi connectivity index (χ3n) is 6.76. The van der Waals surface area contributed by atoms with Crippen LogP contribution in [0.3, 0.4) is 0 Å². The first-order chi connectivity index (χ1) is 18.1. The van der Waals surface area contributed by atoms with Crippen LogP contribution < -0.4 is 14.4 Å². The lowest BCUT2D eigenvalue weighted by Crippen LogP contribution is -2.46. The number of hydrogen-bond donors (Lipinski definition) is 1. The van der Waals surface area contributed by atoms with Gasteiger partial charge in [-0.2, -0.15) is 9.97 Å². The Kier molecular flexibility index (Phi) is 8.38. The van der Waals surface area contributed by atoms with Crippen molar-refractivity contribution in [2.75, 3.05) is 51.8 Å². The number of nitrogens with zero attached hydrogens (tertiary/aromatic N) is 4. The number of H-pyrrole nitrogens is 1. The van der Waals surface area contributed by atoms with E-state index in [2.05, 4.69) is 67.3 Å². The van der Waals surface area contributed by atoms with Gasteiger partial charge in [0.2, 0.25) is 11.8 Å². The minimum Gasteiger partial charge on any atom is -0.481 e. The quantitative estimate of drug-likeness (QED) is 0.199. The van der Waals surface area contributed by atoms with Crippen LogP contribution in [0.5, 0.6) is 11.8 Å². The highest BCUT2D eigenvalue weighted by Gasteiger charge is 2.17. The summed E-state index contributed by atoms with van der Waals surface area (Å²) in [6, 6.07) is 16.3. The molecule has 2 aromatic heterocycles. The van der Waals surface area contributed by atoms with Crippen LogP contribution in [0.2, 0.25) is 5.02 Å². The van der Waals surface area contributed by atoms with E-state index in [1.54, 1.807) is 20.3 Å². The number of aryl methyl sites for hydroxylation is 1. The maximum absolute atomic E-state index is 6.19. The molecular weight excluding hydrogens is 506 g/mol. The molecule has 0 bridgehead atoms. The molecule has 4 aromatic rings. The molecule has 3 heterocycles. The number of nitrogens with one attached hydrogen (secondary N) is 1. The van der Waals surface area contributed by atoms with Gasteiger partial charge < -0.3 is 19.4 Å². The molecule has 0 aliphatic carbocycles. The van der Waals surface area contributed by atoms with E-state index in [1.165, 1.54) is 41.2 Å². The van der Waals surface area contributed by atoms with Gasteiger partial charge in [0, 0.05) is 58.9 Å². The number of benzene rings is 2. The lowest BCUT2D eigenvalue weighted by atomic mass is 10.1. The second-order valence-electron chi connectivity index (χ2n) is 9.12. The van der Waals surface area contributed by atoms with Crippen LogP contribution in [0.25, 0.3) is 10.9 Å². The van der Waals surface area contributed by atoms with Crippen LogP contribution in [0.4, 0.5) is 5.69 Å². The van der Waals surface area contributed by atoms with Crippen molar-refractivity contribution in [1.29, 1.82) is 0 Å². The van der Waals surface area contributed by atoms with Crippen LogP contribution in [-0.4, -0.2) is 66.8 Å². The Bertz CT molecular complexity index is 1300. The summed E-state index contributed by atoms with van der Waals surface area (Å²) in [7, 11) is 3.18. The number of ether oxygens (including phenoxy) is 2. The Labute approximate surface area is 227 Å². The molecule has 0 saturated carbocycles. The monoisotopic (exact) mass is 537 g/mol. The first-order valence-electron chi connectivity index (χ1n) is 12.6. The molecule has 0 spiro atoms. The van der Waals surface area contributed by atoms with Crippen LogP contribution in [0.1, 0.15) is 18.4 Å². The minimum atomic E-state index is 0.492. The van der Waals surface area contributed by atoms with Gasteiger partial charge in [-0.3, -0.25) is 4.90 Å². The molecule has 1 N–H and O–H groups in total. The average Bonchev–Trinajstić information content (AvgIpc) is 3.33. The van der Waals surface area contributed by atoms with Crippen LogP contribution in [-0.2, 0) is 6.42 Å². The predicted octanol–water partition coefficient (Wildman–Crippen LogP) is 5.92. The molecule has 2 aromatic carbocycles. The Morgan fingerprint density at radius 3 is 2.35 bits per heavy atom. The van der Waals surface area contributed by atoms with Crippen LogP contribution in [0, 0.1) is 0 Å². The Hall–Kier alpha value is -2.94. The van der Waals surface area contributed by atoms with Crippen LogP contribution >= 0.6 is 23.4 Å². The molecule has 7 nitrogen and oxygen atoms in total. The number of unbranched alkanes of at least 4 members (excludes halogenated alkanes) is 1. The number of aromatic amines is 1. The Morgan fingerprint density at radius 2 is 1.65 bits per heavy atom. The van der Waals surface area contributed by atoms with Gasteiger partial charge in [-0.05, 0) is 85.6 Å². The maximum atomic E-state index is 6.19. The Balaban J connectivity index is 1.07. The van der Waals surface area contributed by atoms with E-state index in [1.807, 2.05) is 6.07 Å². The molecule has 0 unspecified atom stereocenters. The smallest absolute Gasteiger partial charge is 0.220 e. The van der Waals surface area contributed by atoms with Crippen molar-refractivity contribution in [2.45, 2.75) is 29.3 Å². The van der Waals surface area contributed by atoms with E-state index in [0.29, 0.717) is 16.9 Å². The molecule has 1 fully saturated rings. The summed E-state index contributed by atoms with van der Waals surface area (Å²) in [4.78, 5) is 18.3. The zero-order valence-electron chi connectivity index (χ0n) is 21.2. The standard InChI is InChI=1S/C28H32ClN5O2S/c1-35-26-18-27(36-2)32-28(31-26)37-23-9-7-22(8-10-23)34-15-13-33(14-16-34)12-4-3-5-20-19-30-25-11-6-21(29)17-24(20)25/h6-11,17-19,30H,3-5,12-16H2,1-2H3. The highest BCUT2D eigenvalue weighted by Crippen LogP contribution is 2.30. The predicted molar refractivity (Wildman–Crippen MR) is 151 cm³/mol. The highest BCUT2D eigenvalue weighted by molar-refractivity contribution is 7.99. The molecule has 0 atom stereocenters. The van der Waals surface area contributed by atoms with E-state index in [0.717, 1.165) is 54.6 Å². The van der Waals surface area contributed by atoms with Gasteiger partial charge in [0.05, 0.1) is 20.3 Å². The average molecular weight is 538 g/mol. The fourth-order valence-electron chi connectivity index (χ4n) is 4.71. The zero-order valence-corrected chi connectivity index (χ0v) is 22.8. The third-order valence-corrected chi connectivity index (χ3v) is 7.87. The first-order valence-corrected chi connectivity index (χ1v) is 13.8. The molecule has 5 rings (SSSR count). The van der Waals surface area contributed by atoms with Gasteiger partial charge in [0.1, 0.15) is 0 Å². The van der Waals surface area contributed by atoms with Crippen LogP contribution in [0.15, 0.2) is 64.8 Å². The van der Waals surface area contributed by atoms with Crippen molar-refractivity contribution in [3.63, 3.8) is 0 Å². The number of hydrogen-bond acceptors (Lipinski definition) is 7. The second kappa shape index (κ2) is 12.1. The fraction of sp³-hybridized carbons (Fsp3) is 0.357. The number of piperazine rings is 1. The molecule has 0 radical (unpaired) electrons. The van der Waals surface area contributed by atoms with Crippen molar-refractivity contribution in [3.05, 3.63) is 65.3 Å². The summed E-state index contributed by atoms with van der Waals surface area (Å²) in [6.07, 6.45) is 5.60. The van der Waals surface area contributed by atoms with Crippen molar-refractivity contribution in [2.24, 2.45) is 0 Å². The van der Waals surface area contributed by atoms with E-state index in [-0.39, 0.29) is 0 Å². The lowest BCUT2D eigenvalue weighted by molar-refractivity contribution is 0.253. The number of aromatic nitrogens is 3. The third kappa shape index (κ3) is 6.50. The molecule has 9 heteroatoms. The molecule has 1 saturated heterocycles. The van der Waals surface area contributed by atoms with Gasteiger partial charge in [0.15, 0.2) is 5.16 Å². The largest absolute Gasteiger partial charge is 0.481 e. The number of anilines is 1. The van der Waals surface area contributed by atoms with E-state index in [9.17, 15) is 0 Å². The van der Waals surface area contributed by atoms with Crippen molar-refractivity contribution < 1.29 is 9.47 Å². The van der Waals surface area contributed by atoms with Crippen molar-refractivity contribution in [3.8, 4) is 11.8 Å². The summed E-state index contributed by atoms with van der Waals surface area (Å²) in [6.45, 7) is 5.43. The van der Waals surface area contributed by atoms with Gasteiger partial charge in [-0.1, -0.05) is 11.6 Å².